The van der Waals surface area contributed by atoms with Gasteiger partial charge in [-0.3, -0.25) is 0 Å². The summed E-state index contributed by atoms with van der Waals surface area (Å²) in [6, 6.07) is 92.0. The van der Waals surface area contributed by atoms with Crippen molar-refractivity contribution < 1.29 is 0 Å². The molecule has 10 aromatic carbocycles. The molecule has 292 valence electrons. The molecule has 0 amide bonds. The molecule has 0 N–H and O–H groups in total. The fourth-order valence-corrected chi connectivity index (χ4v) is 8.96. The van der Waals surface area contributed by atoms with Gasteiger partial charge < -0.3 is 9.47 Å². The minimum absolute atomic E-state index is 1.09. The number of benzene rings is 10. The second kappa shape index (κ2) is 16.1. The van der Waals surface area contributed by atoms with Gasteiger partial charge in [0.05, 0.1) is 11.0 Å². The van der Waals surface area contributed by atoms with Gasteiger partial charge in [0, 0.05) is 33.5 Å². The SMILES string of the molecule is c1ccc(-c2ccc(-c3ccc(N(c4ccc(-c5ccccc5)cc4)c4cccc(-c5cccc6c5c5ccc(-c7ccccc7)cc5n6-c5ccccc5)c4)cc3)cc2)cc1. The number of nitrogens with zero attached hydrogens (tertiary/aromatic N) is 2. The highest BCUT2D eigenvalue weighted by atomic mass is 15.1. The van der Waals surface area contributed by atoms with Crippen LogP contribution in [0.2, 0.25) is 0 Å². The maximum Gasteiger partial charge on any atom is 0.0547 e. The van der Waals surface area contributed by atoms with E-state index in [1.165, 1.54) is 71.9 Å². The largest absolute Gasteiger partial charge is 0.310 e. The highest BCUT2D eigenvalue weighted by Gasteiger charge is 2.19. The number of para-hydroxylation sites is 1. The second-order valence-corrected chi connectivity index (χ2v) is 15.8. The van der Waals surface area contributed by atoms with Gasteiger partial charge in [-0.15, -0.1) is 0 Å². The summed E-state index contributed by atoms with van der Waals surface area (Å²) in [5, 5.41) is 2.47. The van der Waals surface area contributed by atoms with Crippen LogP contribution in [0, 0.1) is 0 Å². The summed E-state index contributed by atoms with van der Waals surface area (Å²) in [7, 11) is 0. The Labute approximate surface area is 362 Å². The number of fused-ring (bicyclic) bond motifs is 3. The van der Waals surface area contributed by atoms with Gasteiger partial charge >= 0.3 is 0 Å². The second-order valence-electron chi connectivity index (χ2n) is 15.8. The van der Waals surface area contributed by atoms with E-state index in [0.717, 1.165) is 28.3 Å². The number of anilines is 3. The summed E-state index contributed by atoms with van der Waals surface area (Å²) in [5.74, 6) is 0. The highest BCUT2D eigenvalue weighted by Crippen LogP contribution is 2.43. The van der Waals surface area contributed by atoms with Crippen molar-refractivity contribution in [3.63, 3.8) is 0 Å². The smallest absolute Gasteiger partial charge is 0.0547 e. The topological polar surface area (TPSA) is 8.17 Å². The predicted octanol–water partition coefficient (Wildman–Crippen LogP) is 16.6. The molecule has 1 heterocycles. The van der Waals surface area contributed by atoms with Crippen LogP contribution in [0.15, 0.2) is 255 Å². The minimum atomic E-state index is 1.09. The van der Waals surface area contributed by atoms with Crippen molar-refractivity contribution in [2.45, 2.75) is 0 Å². The summed E-state index contributed by atoms with van der Waals surface area (Å²) in [5.41, 5.74) is 18.7. The lowest BCUT2D eigenvalue weighted by atomic mass is 9.97. The highest BCUT2D eigenvalue weighted by molar-refractivity contribution is 6.16. The molecule has 2 heteroatoms. The van der Waals surface area contributed by atoms with E-state index >= 15 is 0 Å². The lowest BCUT2D eigenvalue weighted by molar-refractivity contribution is 1.18. The number of rotatable bonds is 9. The van der Waals surface area contributed by atoms with Crippen molar-refractivity contribution in [1.82, 2.24) is 4.57 Å². The third-order valence-electron chi connectivity index (χ3n) is 12.0. The normalized spacial score (nSPS) is 11.2. The standard InChI is InChI=1S/C60H42N2/c1-5-15-43(16-6-1)46-27-29-47(30-28-46)49-33-38-54(39-34-49)61(53-36-31-48(32-37-53)44-17-7-2-8-18-44)55-24-13-21-51(41-55)56-25-14-26-58-60(56)57-40-35-50(45-19-9-3-10-20-45)42-59(57)62(58)52-22-11-4-12-23-52/h1-42H. The Morgan fingerprint density at radius 3 is 1.21 bits per heavy atom. The molecule has 62 heavy (non-hydrogen) atoms. The van der Waals surface area contributed by atoms with Crippen LogP contribution < -0.4 is 4.90 Å². The van der Waals surface area contributed by atoms with Crippen LogP contribution in [-0.2, 0) is 0 Å². The Kier molecular flexibility index (Phi) is 9.57. The number of aromatic nitrogens is 1. The Bertz CT molecular complexity index is 3280. The molecule has 11 aromatic rings. The molecule has 0 radical (unpaired) electrons. The first kappa shape index (κ1) is 36.8. The molecule has 0 aliphatic heterocycles. The molecule has 0 aliphatic rings. The average Bonchev–Trinajstić information content (AvgIpc) is 3.70. The van der Waals surface area contributed by atoms with E-state index in [4.69, 9.17) is 0 Å². The third kappa shape index (κ3) is 6.94. The van der Waals surface area contributed by atoms with Crippen LogP contribution in [-0.4, -0.2) is 4.57 Å². The van der Waals surface area contributed by atoms with E-state index in [1.54, 1.807) is 0 Å². The van der Waals surface area contributed by atoms with Crippen molar-refractivity contribution in [2.75, 3.05) is 4.90 Å². The Morgan fingerprint density at radius 1 is 0.258 bits per heavy atom. The molecule has 0 saturated carbocycles. The zero-order valence-electron chi connectivity index (χ0n) is 34.1. The van der Waals surface area contributed by atoms with Gasteiger partial charge in [-0.2, -0.15) is 0 Å². The average molecular weight is 791 g/mol. The van der Waals surface area contributed by atoms with Crippen LogP contribution in [0.25, 0.3) is 83.1 Å². The molecule has 0 unspecified atom stereocenters. The van der Waals surface area contributed by atoms with Crippen molar-refractivity contribution in [2.24, 2.45) is 0 Å². The summed E-state index contributed by atoms with van der Waals surface area (Å²) in [6.45, 7) is 0. The fourth-order valence-electron chi connectivity index (χ4n) is 8.96. The zero-order valence-corrected chi connectivity index (χ0v) is 34.1. The first-order valence-corrected chi connectivity index (χ1v) is 21.3. The van der Waals surface area contributed by atoms with Crippen LogP contribution in [0.1, 0.15) is 0 Å². The van der Waals surface area contributed by atoms with Gasteiger partial charge in [0.1, 0.15) is 0 Å². The van der Waals surface area contributed by atoms with Gasteiger partial charge in [0.15, 0.2) is 0 Å². The zero-order chi connectivity index (χ0) is 41.2. The van der Waals surface area contributed by atoms with E-state index < -0.39 is 0 Å². The van der Waals surface area contributed by atoms with Gasteiger partial charge in [-0.25, -0.2) is 0 Å². The quantitative estimate of drug-likeness (QED) is 0.141. The molecule has 0 aliphatic carbocycles. The van der Waals surface area contributed by atoms with Crippen molar-refractivity contribution >= 4 is 38.9 Å². The molecule has 0 atom stereocenters. The van der Waals surface area contributed by atoms with Gasteiger partial charge in [-0.1, -0.05) is 194 Å². The van der Waals surface area contributed by atoms with Gasteiger partial charge in [0.2, 0.25) is 0 Å². The van der Waals surface area contributed by atoms with E-state index in [1.807, 2.05) is 0 Å². The van der Waals surface area contributed by atoms with Crippen molar-refractivity contribution in [1.29, 1.82) is 0 Å². The monoisotopic (exact) mass is 790 g/mol. The first-order chi connectivity index (χ1) is 30.7. The lowest BCUT2D eigenvalue weighted by Gasteiger charge is -2.26. The molecule has 2 nitrogen and oxygen atoms in total. The van der Waals surface area contributed by atoms with E-state index in [9.17, 15) is 0 Å². The molecule has 1 aromatic heterocycles. The molecule has 0 saturated heterocycles. The predicted molar refractivity (Wildman–Crippen MR) is 263 cm³/mol. The van der Waals surface area contributed by atoms with Gasteiger partial charge in [-0.05, 0) is 116 Å². The van der Waals surface area contributed by atoms with E-state index in [0.29, 0.717) is 0 Å². The molecule has 0 spiro atoms. The van der Waals surface area contributed by atoms with Crippen LogP contribution in [0.3, 0.4) is 0 Å². The van der Waals surface area contributed by atoms with Crippen LogP contribution in [0.4, 0.5) is 17.1 Å². The van der Waals surface area contributed by atoms with Crippen molar-refractivity contribution in [3.8, 4) is 61.3 Å². The fraction of sp³-hybridized carbons (Fsp3) is 0. The van der Waals surface area contributed by atoms with E-state index in [-0.39, 0.29) is 0 Å². The number of hydrogen-bond donors (Lipinski definition) is 0. The van der Waals surface area contributed by atoms with Crippen molar-refractivity contribution in [3.05, 3.63) is 255 Å². The van der Waals surface area contributed by atoms with Gasteiger partial charge in [0.25, 0.3) is 0 Å². The molecule has 0 bridgehead atoms. The Hall–Kier alpha value is -8.20. The maximum absolute atomic E-state index is 2.42. The van der Waals surface area contributed by atoms with Crippen LogP contribution >= 0.6 is 0 Å². The Morgan fingerprint density at radius 2 is 0.677 bits per heavy atom. The first-order valence-electron chi connectivity index (χ1n) is 21.3. The third-order valence-corrected chi connectivity index (χ3v) is 12.0. The lowest BCUT2D eigenvalue weighted by Crippen LogP contribution is -2.10. The number of hydrogen-bond acceptors (Lipinski definition) is 1. The summed E-state index contributed by atoms with van der Waals surface area (Å²) < 4.78 is 2.42. The summed E-state index contributed by atoms with van der Waals surface area (Å²) >= 11 is 0. The minimum Gasteiger partial charge on any atom is -0.310 e. The van der Waals surface area contributed by atoms with E-state index in [2.05, 4.69) is 264 Å². The summed E-state index contributed by atoms with van der Waals surface area (Å²) in [6.07, 6.45) is 0. The molecule has 0 fully saturated rings. The molecular formula is C60H42N2. The molecular weight excluding hydrogens is 749 g/mol. The van der Waals surface area contributed by atoms with Crippen LogP contribution in [0.5, 0.6) is 0 Å². The Balaban J connectivity index is 1.03. The maximum atomic E-state index is 2.42. The molecule has 11 rings (SSSR count). The summed E-state index contributed by atoms with van der Waals surface area (Å²) in [4.78, 5) is 2.38.